The molecule has 138 valence electrons. The molecule has 0 spiro atoms. The van der Waals surface area contributed by atoms with Crippen LogP contribution >= 0.6 is 11.8 Å². The van der Waals surface area contributed by atoms with Crippen LogP contribution in [0.2, 0.25) is 0 Å². The summed E-state index contributed by atoms with van der Waals surface area (Å²) in [7, 11) is -3.68. The van der Waals surface area contributed by atoms with E-state index in [9.17, 15) is 18.0 Å². The molecule has 1 fully saturated rings. The van der Waals surface area contributed by atoms with E-state index in [4.69, 9.17) is 5.11 Å². The number of carboxylic acid groups (broad SMARTS) is 1. The zero-order valence-electron chi connectivity index (χ0n) is 14.1. The molecule has 0 unspecified atom stereocenters. The van der Waals surface area contributed by atoms with Gasteiger partial charge in [0.1, 0.15) is 0 Å². The third-order valence-corrected chi connectivity index (χ3v) is 6.97. The maximum atomic E-state index is 12.6. The molecule has 1 aliphatic rings. The van der Waals surface area contributed by atoms with Crippen LogP contribution in [0.1, 0.15) is 23.7 Å². The van der Waals surface area contributed by atoms with Gasteiger partial charge in [-0.2, -0.15) is 16.1 Å². The standard InChI is InChI=1S/C16H22N2O5S2/c1-2-11-24-12-15(19)17-7-9-18(10-8-17)25(22,23)14-5-3-13(4-6-14)16(20)21/h3-6H,2,7-12H2,1H3,(H,20,21). The van der Waals surface area contributed by atoms with Crippen molar-refractivity contribution in [3.8, 4) is 0 Å². The molecular formula is C16H22N2O5S2. The molecule has 2 rings (SSSR count). The fourth-order valence-electron chi connectivity index (χ4n) is 2.49. The lowest BCUT2D eigenvalue weighted by atomic mass is 10.2. The first-order valence-corrected chi connectivity index (χ1v) is 10.6. The number of hydrogen-bond acceptors (Lipinski definition) is 5. The van der Waals surface area contributed by atoms with Crippen LogP contribution in [0.4, 0.5) is 0 Å². The van der Waals surface area contributed by atoms with Crippen molar-refractivity contribution in [3.63, 3.8) is 0 Å². The minimum atomic E-state index is -3.68. The number of carboxylic acids is 1. The summed E-state index contributed by atoms with van der Waals surface area (Å²) < 4.78 is 26.6. The topological polar surface area (TPSA) is 95.0 Å². The predicted molar refractivity (Wildman–Crippen MR) is 96.4 cm³/mol. The van der Waals surface area contributed by atoms with E-state index < -0.39 is 16.0 Å². The number of hydrogen-bond donors (Lipinski definition) is 1. The molecule has 9 heteroatoms. The van der Waals surface area contributed by atoms with E-state index in [0.717, 1.165) is 12.2 Å². The fraction of sp³-hybridized carbons (Fsp3) is 0.500. The Kier molecular flexibility index (Phi) is 6.86. The number of thioether (sulfide) groups is 1. The highest BCUT2D eigenvalue weighted by Crippen LogP contribution is 2.19. The summed E-state index contributed by atoms with van der Waals surface area (Å²) in [5.74, 6) is 0.308. The molecule has 0 atom stereocenters. The molecule has 1 heterocycles. The molecule has 0 aliphatic carbocycles. The van der Waals surface area contributed by atoms with Crippen molar-refractivity contribution in [1.29, 1.82) is 0 Å². The lowest BCUT2D eigenvalue weighted by molar-refractivity contribution is -0.129. The Hall–Kier alpha value is -1.58. The fourth-order valence-corrected chi connectivity index (χ4v) is 4.70. The number of rotatable bonds is 7. The monoisotopic (exact) mass is 386 g/mol. The van der Waals surface area contributed by atoms with Crippen molar-refractivity contribution >= 4 is 33.7 Å². The number of aromatic carboxylic acids is 1. The predicted octanol–water partition coefficient (Wildman–Crippen LogP) is 1.36. The summed E-state index contributed by atoms with van der Waals surface area (Å²) in [5, 5.41) is 8.89. The van der Waals surface area contributed by atoms with Gasteiger partial charge in [0.05, 0.1) is 16.2 Å². The van der Waals surface area contributed by atoms with Gasteiger partial charge in [0.25, 0.3) is 0 Å². The van der Waals surface area contributed by atoms with Crippen LogP contribution in [-0.4, -0.2) is 72.3 Å². The van der Waals surface area contributed by atoms with Crippen LogP contribution in [0.5, 0.6) is 0 Å². The normalized spacial score (nSPS) is 16.0. The van der Waals surface area contributed by atoms with E-state index in [1.165, 1.54) is 28.6 Å². The summed E-state index contributed by atoms with van der Waals surface area (Å²) in [4.78, 5) is 24.7. The van der Waals surface area contributed by atoms with Gasteiger partial charge in [-0.15, -0.1) is 0 Å². The Bertz CT molecular complexity index is 711. The van der Waals surface area contributed by atoms with Crippen LogP contribution in [0.25, 0.3) is 0 Å². The quantitative estimate of drug-likeness (QED) is 0.711. The van der Waals surface area contributed by atoms with Crippen LogP contribution in [0.3, 0.4) is 0 Å². The lowest BCUT2D eigenvalue weighted by Crippen LogP contribution is -2.51. The third-order valence-electron chi connectivity index (χ3n) is 3.90. The van der Waals surface area contributed by atoms with Crippen molar-refractivity contribution in [1.82, 2.24) is 9.21 Å². The second kappa shape index (κ2) is 8.68. The third kappa shape index (κ3) is 4.96. The maximum Gasteiger partial charge on any atom is 0.335 e. The average Bonchev–Trinajstić information content (AvgIpc) is 2.62. The summed E-state index contributed by atoms with van der Waals surface area (Å²) >= 11 is 1.59. The van der Waals surface area contributed by atoms with Gasteiger partial charge < -0.3 is 10.0 Å². The van der Waals surface area contributed by atoms with E-state index in [2.05, 4.69) is 6.92 Å². The molecule has 1 aromatic rings. The lowest BCUT2D eigenvalue weighted by Gasteiger charge is -2.34. The highest BCUT2D eigenvalue weighted by Gasteiger charge is 2.30. The van der Waals surface area contributed by atoms with E-state index in [-0.39, 0.29) is 29.5 Å². The number of piperazine rings is 1. The summed E-state index contributed by atoms with van der Waals surface area (Å²) in [6, 6.07) is 5.16. The Morgan fingerprint density at radius 2 is 1.72 bits per heavy atom. The van der Waals surface area contributed by atoms with Crippen molar-refractivity contribution in [3.05, 3.63) is 29.8 Å². The molecule has 1 N–H and O–H groups in total. The number of amides is 1. The zero-order valence-corrected chi connectivity index (χ0v) is 15.7. The van der Waals surface area contributed by atoms with Gasteiger partial charge in [-0.25, -0.2) is 13.2 Å². The molecule has 1 amide bonds. The van der Waals surface area contributed by atoms with E-state index in [1.807, 2.05) is 0 Å². The summed E-state index contributed by atoms with van der Waals surface area (Å²) in [5.41, 5.74) is 0.0407. The van der Waals surface area contributed by atoms with Crippen LogP contribution in [-0.2, 0) is 14.8 Å². The van der Waals surface area contributed by atoms with Crippen LogP contribution < -0.4 is 0 Å². The smallest absolute Gasteiger partial charge is 0.335 e. The molecule has 0 radical (unpaired) electrons. The maximum absolute atomic E-state index is 12.6. The SMILES string of the molecule is CCCSCC(=O)N1CCN(S(=O)(=O)c2ccc(C(=O)O)cc2)CC1. The Morgan fingerprint density at radius 3 is 2.24 bits per heavy atom. The molecule has 0 bridgehead atoms. The summed E-state index contributed by atoms with van der Waals surface area (Å²) in [6.45, 7) is 3.29. The van der Waals surface area contributed by atoms with Crippen molar-refractivity contribution < 1.29 is 23.1 Å². The number of sulfonamides is 1. The second-order valence-electron chi connectivity index (χ2n) is 5.67. The molecule has 25 heavy (non-hydrogen) atoms. The van der Waals surface area contributed by atoms with E-state index >= 15 is 0 Å². The minimum Gasteiger partial charge on any atom is -0.478 e. The van der Waals surface area contributed by atoms with Gasteiger partial charge in [-0.3, -0.25) is 4.79 Å². The Morgan fingerprint density at radius 1 is 1.12 bits per heavy atom. The highest BCUT2D eigenvalue weighted by atomic mass is 32.2. The number of carbonyl (C=O) groups excluding carboxylic acids is 1. The first-order valence-electron chi connectivity index (χ1n) is 8.05. The van der Waals surface area contributed by atoms with Gasteiger partial charge in [-0.05, 0) is 36.4 Å². The highest BCUT2D eigenvalue weighted by molar-refractivity contribution is 7.99. The summed E-state index contributed by atoms with van der Waals surface area (Å²) in [6.07, 6.45) is 1.02. The van der Waals surface area contributed by atoms with Gasteiger partial charge in [0.15, 0.2) is 0 Å². The molecule has 1 aliphatic heterocycles. The zero-order chi connectivity index (χ0) is 18.4. The van der Waals surface area contributed by atoms with E-state index in [1.54, 1.807) is 16.7 Å². The number of benzene rings is 1. The van der Waals surface area contributed by atoms with Crippen molar-refractivity contribution in [2.45, 2.75) is 18.2 Å². The molecule has 0 aromatic heterocycles. The number of carbonyl (C=O) groups is 2. The van der Waals surface area contributed by atoms with Gasteiger partial charge >= 0.3 is 5.97 Å². The number of nitrogens with zero attached hydrogens (tertiary/aromatic N) is 2. The van der Waals surface area contributed by atoms with Crippen molar-refractivity contribution in [2.75, 3.05) is 37.7 Å². The first kappa shape index (κ1) is 19.7. The van der Waals surface area contributed by atoms with Gasteiger partial charge in [0, 0.05) is 26.2 Å². The first-order chi connectivity index (χ1) is 11.9. The van der Waals surface area contributed by atoms with Gasteiger partial charge in [-0.1, -0.05) is 6.92 Å². The molecular weight excluding hydrogens is 364 g/mol. The minimum absolute atomic E-state index is 0.0407. The average molecular weight is 386 g/mol. The Labute approximate surface area is 152 Å². The van der Waals surface area contributed by atoms with E-state index in [0.29, 0.717) is 18.8 Å². The van der Waals surface area contributed by atoms with Gasteiger partial charge in [0.2, 0.25) is 15.9 Å². The van der Waals surface area contributed by atoms with Crippen LogP contribution in [0.15, 0.2) is 29.2 Å². The molecule has 0 saturated carbocycles. The molecule has 1 saturated heterocycles. The second-order valence-corrected chi connectivity index (χ2v) is 8.71. The van der Waals surface area contributed by atoms with Crippen molar-refractivity contribution in [2.24, 2.45) is 0 Å². The largest absolute Gasteiger partial charge is 0.478 e. The molecule has 7 nitrogen and oxygen atoms in total. The van der Waals surface area contributed by atoms with Crippen LogP contribution in [0, 0.1) is 0 Å². The Balaban J connectivity index is 1.96. The molecule has 1 aromatic carbocycles.